The molecule has 3 heterocycles. The lowest BCUT2D eigenvalue weighted by Gasteiger charge is -2.34. The first-order valence-electron chi connectivity index (χ1n) is 11.5. The fourth-order valence-electron chi connectivity index (χ4n) is 4.15. The van der Waals surface area contributed by atoms with Crippen LogP contribution in [0.2, 0.25) is 0 Å². The molecule has 2 aliphatic heterocycles. The molecule has 2 amide bonds. The van der Waals surface area contributed by atoms with Crippen molar-refractivity contribution in [3.05, 3.63) is 46.9 Å². The summed E-state index contributed by atoms with van der Waals surface area (Å²) in [5.41, 5.74) is 3.27. The van der Waals surface area contributed by atoms with E-state index >= 15 is 0 Å². The Balaban J connectivity index is 1.58. The molecule has 1 fully saturated rings. The number of amides is 2. The Morgan fingerprint density at radius 3 is 2.66 bits per heavy atom. The molecular weight excluding hydrogens is 406 g/mol. The zero-order valence-electron chi connectivity index (χ0n) is 19.1. The summed E-state index contributed by atoms with van der Waals surface area (Å²) in [6.07, 6.45) is 3.46. The number of hydrogen-bond acceptors (Lipinski definition) is 6. The van der Waals surface area contributed by atoms with Crippen LogP contribution >= 0.6 is 0 Å². The van der Waals surface area contributed by atoms with Gasteiger partial charge in [0.15, 0.2) is 0 Å². The van der Waals surface area contributed by atoms with Gasteiger partial charge in [0.05, 0.1) is 32.6 Å². The molecule has 1 aromatic heterocycles. The number of carbonyl (C=O) groups excluding carboxylic acids is 1. The highest BCUT2D eigenvalue weighted by molar-refractivity contribution is 5.75. The van der Waals surface area contributed by atoms with Crippen LogP contribution in [-0.4, -0.2) is 67.4 Å². The molecule has 8 nitrogen and oxygen atoms in total. The summed E-state index contributed by atoms with van der Waals surface area (Å²) in [5, 5.41) is 3.04. The normalized spacial score (nSPS) is 15.9. The number of aromatic nitrogens is 2. The third-order valence-corrected chi connectivity index (χ3v) is 6.01. The summed E-state index contributed by atoms with van der Waals surface area (Å²) in [7, 11) is 1.67. The van der Waals surface area contributed by atoms with E-state index in [1.807, 2.05) is 17.0 Å². The van der Waals surface area contributed by atoms with Gasteiger partial charge >= 0.3 is 6.03 Å². The second kappa shape index (κ2) is 10.6. The van der Waals surface area contributed by atoms with Crippen molar-refractivity contribution in [1.82, 2.24) is 20.2 Å². The highest BCUT2D eigenvalue weighted by Crippen LogP contribution is 2.28. The zero-order chi connectivity index (χ0) is 22.3. The number of hydrogen-bond donors (Lipinski definition) is 1. The van der Waals surface area contributed by atoms with Gasteiger partial charge in [-0.15, -0.1) is 0 Å². The predicted octanol–water partition coefficient (Wildman–Crippen LogP) is 2.78. The number of morpholine rings is 1. The highest BCUT2D eigenvalue weighted by atomic mass is 16.5. The van der Waals surface area contributed by atoms with E-state index in [-0.39, 0.29) is 6.03 Å². The molecule has 2 aromatic rings. The van der Waals surface area contributed by atoms with Crippen LogP contribution in [0.15, 0.2) is 24.3 Å². The zero-order valence-corrected chi connectivity index (χ0v) is 19.1. The van der Waals surface area contributed by atoms with Crippen LogP contribution in [0.3, 0.4) is 0 Å². The van der Waals surface area contributed by atoms with E-state index in [9.17, 15) is 4.79 Å². The van der Waals surface area contributed by atoms with Crippen LogP contribution in [0.5, 0.6) is 5.75 Å². The number of anilines is 1. The average Bonchev–Trinajstić information content (AvgIpc) is 2.84. The molecule has 0 radical (unpaired) electrons. The Labute approximate surface area is 189 Å². The van der Waals surface area contributed by atoms with Crippen molar-refractivity contribution in [2.45, 2.75) is 39.2 Å². The summed E-state index contributed by atoms with van der Waals surface area (Å²) < 4.78 is 10.8. The standard InChI is InChI=1S/C24H33N5O3/c1-3-4-10-25-24(30)29-11-9-21-20(17-29)23(28-12-14-32-15-13-28)27-22(26-21)16-18-5-7-19(31-2)8-6-18/h5-8H,3-4,9-17H2,1-2H3,(H,25,30). The first-order valence-corrected chi connectivity index (χ1v) is 11.5. The highest BCUT2D eigenvalue weighted by Gasteiger charge is 2.28. The summed E-state index contributed by atoms with van der Waals surface area (Å²) in [5.74, 6) is 2.61. The van der Waals surface area contributed by atoms with Gasteiger partial charge in [-0.05, 0) is 24.1 Å². The molecule has 32 heavy (non-hydrogen) atoms. The minimum absolute atomic E-state index is 0.000614. The van der Waals surface area contributed by atoms with Gasteiger partial charge in [-0.25, -0.2) is 14.8 Å². The second-order valence-electron chi connectivity index (χ2n) is 8.27. The molecule has 0 aliphatic carbocycles. The van der Waals surface area contributed by atoms with Crippen molar-refractivity contribution in [3.8, 4) is 5.75 Å². The fourth-order valence-corrected chi connectivity index (χ4v) is 4.15. The van der Waals surface area contributed by atoms with Gasteiger partial charge in [0, 0.05) is 44.6 Å². The first-order chi connectivity index (χ1) is 15.7. The molecular formula is C24H33N5O3. The van der Waals surface area contributed by atoms with Crippen molar-refractivity contribution >= 4 is 11.8 Å². The number of carbonyl (C=O) groups is 1. The van der Waals surface area contributed by atoms with Crippen LogP contribution < -0.4 is 15.0 Å². The lowest BCUT2D eigenvalue weighted by atomic mass is 10.0. The molecule has 0 atom stereocenters. The largest absolute Gasteiger partial charge is 0.497 e. The van der Waals surface area contributed by atoms with Gasteiger partial charge in [-0.2, -0.15) is 0 Å². The minimum Gasteiger partial charge on any atom is -0.497 e. The first kappa shape index (κ1) is 22.3. The Kier molecular flexibility index (Phi) is 7.42. The van der Waals surface area contributed by atoms with Gasteiger partial charge in [0.25, 0.3) is 0 Å². The van der Waals surface area contributed by atoms with Crippen LogP contribution in [0.4, 0.5) is 10.6 Å². The maximum atomic E-state index is 12.7. The van der Waals surface area contributed by atoms with Gasteiger partial charge in [-0.1, -0.05) is 25.5 Å². The van der Waals surface area contributed by atoms with Crippen molar-refractivity contribution in [2.75, 3.05) is 51.4 Å². The molecule has 8 heteroatoms. The topological polar surface area (TPSA) is 79.8 Å². The molecule has 4 rings (SSSR count). The number of urea groups is 1. The summed E-state index contributed by atoms with van der Waals surface area (Å²) >= 11 is 0. The van der Waals surface area contributed by atoms with E-state index in [1.165, 1.54) is 0 Å². The van der Waals surface area contributed by atoms with Gasteiger partial charge in [0.1, 0.15) is 17.4 Å². The summed E-state index contributed by atoms with van der Waals surface area (Å²) in [6.45, 7) is 7.03. The number of methoxy groups -OCH3 is 1. The molecule has 0 unspecified atom stereocenters. The molecule has 0 saturated carbocycles. The number of rotatable bonds is 7. The van der Waals surface area contributed by atoms with E-state index < -0.39 is 0 Å². The molecule has 1 aromatic carbocycles. The van der Waals surface area contributed by atoms with E-state index in [2.05, 4.69) is 29.3 Å². The quantitative estimate of drug-likeness (QED) is 0.669. The average molecular weight is 440 g/mol. The lowest BCUT2D eigenvalue weighted by Crippen LogP contribution is -2.45. The third kappa shape index (κ3) is 5.30. The van der Waals surface area contributed by atoms with Crippen LogP contribution in [0.25, 0.3) is 0 Å². The number of benzene rings is 1. The second-order valence-corrected chi connectivity index (χ2v) is 8.27. The van der Waals surface area contributed by atoms with Gasteiger partial charge < -0.3 is 24.6 Å². The van der Waals surface area contributed by atoms with Crippen molar-refractivity contribution in [1.29, 1.82) is 0 Å². The minimum atomic E-state index is -0.000614. The fraction of sp³-hybridized carbons (Fsp3) is 0.542. The van der Waals surface area contributed by atoms with E-state index in [4.69, 9.17) is 19.4 Å². The van der Waals surface area contributed by atoms with Crippen LogP contribution in [0.1, 0.15) is 42.4 Å². The number of unbranched alkanes of at least 4 members (excludes halogenated alkanes) is 1. The molecule has 2 aliphatic rings. The third-order valence-electron chi connectivity index (χ3n) is 6.01. The molecule has 1 saturated heterocycles. The number of nitrogens with zero attached hydrogens (tertiary/aromatic N) is 4. The van der Waals surface area contributed by atoms with Crippen LogP contribution in [-0.2, 0) is 24.1 Å². The Bertz CT molecular complexity index is 913. The van der Waals surface area contributed by atoms with Crippen molar-refractivity contribution in [3.63, 3.8) is 0 Å². The molecule has 0 spiro atoms. The maximum absolute atomic E-state index is 12.7. The van der Waals surface area contributed by atoms with E-state index in [0.29, 0.717) is 39.3 Å². The Morgan fingerprint density at radius 2 is 1.94 bits per heavy atom. The van der Waals surface area contributed by atoms with Crippen LogP contribution in [0, 0.1) is 0 Å². The Hall–Kier alpha value is -2.87. The van der Waals surface area contributed by atoms with E-state index in [0.717, 1.165) is 66.6 Å². The lowest BCUT2D eigenvalue weighted by molar-refractivity contribution is 0.122. The van der Waals surface area contributed by atoms with Crippen molar-refractivity contribution in [2.24, 2.45) is 0 Å². The summed E-state index contributed by atoms with van der Waals surface area (Å²) in [4.78, 5) is 26.7. The summed E-state index contributed by atoms with van der Waals surface area (Å²) in [6, 6.07) is 8.04. The smallest absolute Gasteiger partial charge is 0.317 e. The molecule has 0 bridgehead atoms. The number of fused-ring (bicyclic) bond motifs is 1. The molecule has 1 N–H and O–H groups in total. The maximum Gasteiger partial charge on any atom is 0.317 e. The van der Waals surface area contributed by atoms with Crippen molar-refractivity contribution < 1.29 is 14.3 Å². The predicted molar refractivity (Wildman–Crippen MR) is 123 cm³/mol. The van der Waals surface area contributed by atoms with Gasteiger partial charge in [0.2, 0.25) is 0 Å². The van der Waals surface area contributed by atoms with Gasteiger partial charge in [-0.3, -0.25) is 0 Å². The Morgan fingerprint density at radius 1 is 1.16 bits per heavy atom. The van der Waals surface area contributed by atoms with E-state index in [1.54, 1.807) is 7.11 Å². The SMILES string of the molecule is CCCCNC(=O)N1CCc2nc(Cc3ccc(OC)cc3)nc(N3CCOCC3)c2C1. The number of nitrogens with one attached hydrogen (secondary N) is 1. The number of ether oxygens (including phenoxy) is 2. The monoisotopic (exact) mass is 439 g/mol. The molecule has 172 valence electrons.